The maximum Gasteiger partial charge on any atom is 0.410 e. The van der Waals surface area contributed by atoms with Crippen LogP contribution in [-0.4, -0.2) is 36.0 Å². The highest BCUT2D eigenvalue weighted by Crippen LogP contribution is 2.30. The molecule has 4 N–H and O–H groups in total. The van der Waals surface area contributed by atoms with E-state index < -0.39 is 6.09 Å². The Morgan fingerprint density at radius 3 is 2.35 bits per heavy atom. The van der Waals surface area contributed by atoms with Gasteiger partial charge in [0.05, 0.1) is 5.69 Å². The van der Waals surface area contributed by atoms with Crippen molar-refractivity contribution in [2.75, 3.05) is 23.3 Å². The van der Waals surface area contributed by atoms with Gasteiger partial charge in [-0.25, -0.2) is 4.79 Å². The number of carboxylic acid groups (broad SMARTS) is 1. The summed E-state index contributed by atoms with van der Waals surface area (Å²) < 4.78 is 0. The summed E-state index contributed by atoms with van der Waals surface area (Å²) in [4.78, 5) is 26.7. The van der Waals surface area contributed by atoms with Gasteiger partial charge >= 0.3 is 6.09 Å². The lowest BCUT2D eigenvalue weighted by atomic mass is 9.97. The normalized spacial score (nSPS) is 13.3. The fourth-order valence-corrected chi connectivity index (χ4v) is 4.30. The Bertz CT molecular complexity index is 1220. The molecule has 3 aromatic rings. The van der Waals surface area contributed by atoms with Crippen LogP contribution in [-0.2, 0) is 0 Å². The Hall–Kier alpha value is -4.13. The molecule has 0 unspecified atom stereocenters. The molecule has 2 amide bonds. The van der Waals surface area contributed by atoms with Crippen molar-refractivity contribution in [3.8, 4) is 11.1 Å². The third-order valence-corrected chi connectivity index (χ3v) is 6.01. The van der Waals surface area contributed by atoms with E-state index in [1.807, 2.05) is 61.5 Å². The van der Waals surface area contributed by atoms with Crippen molar-refractivity contribution in [2.24, 2.45) is 0 Å². The van der Waals surface area contributed by atoms with Crippen LogP contribution in [0.15, 0.2) is 66.7 Å². The third kappa shape index (κ3) is 5.26. The molecule has 0 bridgehead atoms. The molecular weight excluding hydrogens is 428 g/mol. The van der Waals surface area contributed by atoms with Gasteiger partial charge in [0.15, 0.2) is 0 Å². The molecule has 0 radical (unpaired) electrons. The van der Waals surface area contributed by atoms with Crippen LogP contribution in [0.4, 0.5) is 16.2 Å². The minimum absolute atomic E-state index is 0.300. The SMILES string of the molecule is Cc1cc(-c2ccccc2)cc(C(=N)NC(=O)O)c1NC(=O)c1cccc(N2CCCCC2)c1. The second-order valence-corrected chi connectivity index (χ2v) is 8.44. The van der Waals surface area contributed by atoms with E-state index in [-0.39, 0.29) is 11.7 Å². The number of hydrogen-bond donors (Lipinski definition) is 4. The summed E-state index contributed by atoms with van der Waals surface area (Å²) in [5, 5.41) is 22.5. The molecule has 0 aromatic heterocycles. The first-order chi connectivity index (χ1) is 16.4. The summed E-state index contributed by atoms with van der Waals surface area (Å²) in [7, 11) is 0. The average molecular weight is 457 g/mol. The molecular formula is C27H28N4O3. The van der Waals surface area contributed by atoms with Crippen LogP contribution in [0.1, 0.15) is 40.7 Å². The zero-order chi connectivity index (χ0) is 24.1. The zero-order valence-corrected chi connectivity index (χ0v) is 19.1. The lowest BCUT2D eigenvalue weighted by Gasteiger charge is -2.29. The second kappa shape index (κ2) is 10.2. The number of amidine groups is 1. The van der Waals surface area contributed by atoms with Gasteiger partial charge in [0, 0.05) is 29.9 Å². The van der Waals surface area contributed by atoms with Gasteiger partial charge in [0.25, 0.3) is 5.91 Å². The molecule has 1 heterocycles. The van der Waals surface area contributed by atoms with Gasteiger partial charge in [-0.3, -0.25) is 15.5 Å². The first-order valence-corrected chi connectivity index (χ1v) is 11.4. The quantitative estimate of drug-likeness (QED) is 0.301. The lowest BCUT2D eigenvalue weighted by Crippen LogP contribution is -2.30. The highest BCUT2D eigenvalue weighted by Gasteiger charge is 2.19. The summed E-state index contributed by atoms with van der Waals surface area (Å²) in [5.41, 5.74) is 4.74. The number of piperidine rings is 1. The van der Waals surface area contributed by atoms with E-state index >= 15 is 0 Å². The largest absolute Gasteiger partial charge is 0.465 e. The van der Waals surface area contributed by atoms with Crippen molar-refractivity contribution in [3.63, 3.8) is 0 Å². The predicted molar refractivity (Wildman–Crippen MR) is 135 cm³/mol. The predicted octanol–water partition coefficient (Wildman–Crippen LogP) is 5.50. The molecule has 0 aliphatic carbocycles. The van der Waals surface area contributed by atoms with E-state index in [2.05, 4.69) is 15.5 Å². The number of carbonyl (C=O) groups excluding carboxylic acids is 1. The number of benzene rings is 3. The van der Waals surface area contributed by atoms with Crippen molar-refractivity contribution in [3.05, 3.63) is 83.4 Å². The molecule has 1 fully saturated rings. The Morgan fingerprint density at radius 2 is 1.65 bits per heavy atom. The molecule has 0 saturated carbocycles. The van der Waals surface area contributed by atoms with Crippen LogP contribution < -0.4 is 15.5 Å². The van der Waals surface area contributed by atoms with Crippen LogP contribution in [0, 0.1) is 12.3 Å². The summed E-state index contributed by atoms with van der Waals surface area (Å²) in [6.07, 6.45) is 2.18. The van der Waals surface area contributed by atoms with E-state index in [4.69, 9.17) is 10.5 Å². The molecule has 4 rings (SSSR count). The molecule has 1 aliphatic heterocycles. The number of rotatable bonds is 5. The van der Waals surface area contributed by atoms with E-state index in [9.17, 15) is 9.59 Å². The van der Waals surface area contributed by atoms with Crippen molar-refractivity contribution < 1.29 is 14.7 Å². The third-order valence-electron chi connectivity index (χ3n) is 6.01. The Balaban J connectivity index is 1.67. The fourth-order valence-electron chi connectivity index (χ4n) is 4.30. The first-order valence-electron chi connectivity index (χ1n) is 11.4. The van der Waals surface area contributed by atoms with Crippen LogP contribution in [0.3, 0.4) is 0 Å². The number of amides is 2. The van der Waals surface area contributed by atoms with E-state index in [1.54, 1.807) is 12.1 Å². The molecule has 34 heavy (non-hydrogen) atoms. The topological polar surface area (TPSA) is 106 Å². The monoisotopic (exact) mass is 456 g/mol. The highest BCUT2D eigenvalue weighted by atomic mass is 16.4. The molecule has 0 spiro atoms. The molecule has 1 aliphatic rings. The Morgan fingerprint density at radius 1 is 0.912 bits per heavy atom. The average Bonchev–Trinajstić information content (AvgIpc) is 2.85. The van der Waals surface area contributed by atoms with E-state index in [0.29, 0.717) is 16.8 Å². The van der Waals surface area contributed by atoms with Crippen LogP contribution in [0.25, 0.3) is 11.1 Å². The van der Waals surface area contributed by atoms with Gasteiger partial charge in [0.1, 0.15) is 5.84 Å². The second-order valence-electron chi connectivity index (χ2n) is 8.44. The minimum atomic E-state index is -1.33. The fraction of sp³-hybridized carbons (Fsp3) is 0.222. The lowest BCUT2D eigenvalue weighted by molar-refractivity contribution is 0.102. The summed E-state index contributed by atoms with van der Waals surface area (Å²) in [6, 6.07) is 20.8. The molecule has 7 nitrogen and oxygen atoms in total. The van der Waals surface area contributed by atoms with Gasteiger partial charge in [-0.1, -0.05) is 36.4 Å². The number of nitrogens with one attached hydrogen (secondary N) is 3. The molecule has 174 valence electrons. The van der Waals surface area contributed by atoms with Crippen molar-refractivity contribution >= 4 is 29.2 Å². The minimum Gasteiger partial charge on any atom is -0.465 e. The maximum absolute atomic E-state index is 13.2. The number of carbonyl (C=O) groups is 2. The highest BCUT2D eigenvalue weighted by molar-refractivity contribution is 6.13. The molecule has 7 heteroatoms. The molecule has 1 saturated heterocycles. The summed E-state index contributed by atoms with van der Waals surface area (Å²) in [5.74, 6) is -0.607. The van der Waals surface area contributed by atoms with Crippen LogP contribution in [0.5, 0.6) is 0 Å². The van der Waals surface area contributed by atoms with E-state index in [0.717, 1.165) is 48.3 Å². The number of nitrogens with zero attached hydrogens (tertiary/aromatic N) is 1. The Labute approximate surface area is 198 Å². The summed E-state index contributed by atoms with van der Waals surface area (Å²) in [6.45, 7) is 3.80. The molecule has 3 aromatic carbocycles. The number of hydrogen-bond acceptors (Lipinski definition) is 4. The summed E-state index contributed by atoms with van der Waals surface area (Å²) >= 11 is 0. The molecule has 0 atom stereocenters. The van der Waals surface area contributed by atoms with E-state index in [1.165, 1.54) is 6.42 Å². The zero-order valence-electron chi connectivity index (χ0n) is 19.1. The van der Waals surface area contributed by atoms with Gasteiger partial charge in [0.2, 0.25) is 0 Å². The van der Waals surface area contributed by atoms with Gasteiger partial charge in [-0.2, -0.15) is 0 Å². The Kier molecular flexibility index (Phi) is 6.92. The standard InChI is InChI=1S/C27H28N4O3/c1-18-15-21(19-9-4-2-5-10-19)17-23(25(28)30-27(33)34)24(18)29-26(32)20-11-8-12-22(16-20)31-13-6-3-7-14-31/h2,4-5,8-12,15-17H,3,6-7,13-14H2,1H3,(H2,28,30)(H,29,32)(H,33,34). The number of anilines is 2. The van der Waals surface area contributed by atoms with Crippen molar-refractivity contribution in [1.82, 2.24) is 5.32 Å². The maximum atomic E-state index is 13.2. The van der Waals surface area contributed by atoms with Crippen LogP contribution in [0.2, 0.25) is 0 Å². The van der Waals surface area contributed by atoms with Crippen LogP contribution >= 0.6 is 0 Å². The first kappa shape index (κ1) is 23.0. The van der Waals surface area contributed by atoms with Crippen molar-refractivity contribution in [1.29, 1.82) is 5.41 Å². The van der Waals surface area contributed by atoms with Gasteiger partial charge in [-0.05, 0) is 73.2 Å². The van der Waals surface area contributed by atoms with Crippen molar-refractivity contribution in [2.45, 2.75) is 26.2 Å². The van der Waals surface area contributed by atoms with Gasteiger partial charge in [-0.15, -0.1) is 0 Å². The smallest absolute Gasteiger partial charge is 0.410 e. The number of aryl methyl sites for hydroxylation is 1. The van der Waals surface area contributed by atoms with Gasteiger partial charge < -0.3 is 15.3 Å².